The van der Waals surface area contributed by atoms with Crippen LogP contribution in [0.5, 0.6) is 11.5 Å². The van der Waals surface area contributed by atoms with Crippen LogP contribution >= 0.6 is 12.4 Å². The lowest BCUT2D eigenvalue weighted by Gasteiger charge is -2.00. The van der Waals surface area contributed by atoms with E-state index in [1.807, 2.05) is 0 Å². The van der Waals surface area contributed by atoms with Crippen molar-refractivity contribution in [2.75, 3.05) is 6.79 Å². The largest absolute Gasteiger partial charge is 0.454 e. The maximum absolute atomic E-state index is 10.8. The van der Waals surface area contributed by atoms with Crippen molar-refractivity contribution in [3.63, 3.8) is 0 Å². The normalized spacial score (nSPS) is 13.4. The second kappa shape index (κ2) is 4.26. The molecule has 0 aliphatic carbocycles. The Morgan fingerprint density at radius 3 is 2.60 bits per heavy atom. The van der Waals surface area contributed by atoms with Crippen molar-refractivity contribution in [2.24, 2.45) is 5.14 Å². The van der Waals surface area contributed by atoms with E-state index in [0.717, 1.165) is 0 Å². The molecule has 5 nitrogen and oxygen atoms in total. The predicted octanol–water partition coefficient (Wildman–Crippen LogP) is 0.626. The molecule has 0 bridgehead atoms. The van der Waals surface area contributed by atoms with Crippen LogP contribution in [0.3, 0.4) is 0 Å². The summed E-state index contributed by atoms with van der Waals surface area (Å²) in [4.78, 5) is 0. The molecular weight excluding hydrogens is 242 g/mol. The molecule has 0 atom stereocenters. The van der Waals surface area contributed by atoms with Gasteiger partial charge in [-0.25, -0.2) is 13.6 Å². The van der Waals surface area contributed by atoms with E-state index in [9.17, 15) is 8.42 Å². The minimum Gasteiger partial charge on any atom is -0.454 e. The first-order valence-electron chi connectivity index (χ1n) is 3.93. The van der Waals surface area contributed by atoms with Gasteiger partial charge in [-0.15, -0.1) is 12.4 Å². The van der Waals surface area contributed by atoms with Crippen LogP contribution in [0.15, 0.2) is 18.2 Å². The fraction of sp³-hybridized carbons (Fsp3) is 0.250. The Balaban J connectivity index is 0.00000112. The molecule has 1 aromatic carbocycles. The highest BCUT2D eigenvalue weighted by Crippen LogP contribution is 2.32. The molecular formula is C8H10ClNO4S. The van der Waals surface area contributed by atoms with Crippen molar-refractivity contribution < 1.29 is 17.9 Å². The van der Waals surface area contributed by atoms with Gasteiger partial charge in [0, 0.05) is 0 Å². The molecule has 1 aromatic rings. The monoisotopic (exact) mass is 251 g/mol. The Hall–Kier alpha value is -0.980. The number of ether oxygens (including phenoxy) is 2. The highest BCUT2D eigenvalue weighted by atomic mass is 35.5. The van der Waals surface area contributed by atoms with Crippen molar-refractivity contribution in [3.8, 4) is 11.5 Å². The van der Waals surface area contributed by atoms with E-state index in [1.54, 1.807) is 18.2 Å². The zero-order valence-corrected chi connectivity index (χ0v) is 9.31. The quantitative estimate of drug-likeness (QED) is 0.836. The fourth-order valence-electron chi connectivity index (χ4n) is 1.26. The molecule has 7 heteroatoms. The molecule has 2 N–H and O–H groups in total. The summed E-state index contributed by atoms with van der Waals surface area (Å²) in [5.41, 5.74) is 0.594. The standard InChI is InChI=1S/C8H9NO4S.ClH/c9-14(10,11)4-6-1-2-7-8(3-6)13-5-12-7;/h1-3H,4-5H2,(H2,9,10,11);1H. The first-order chi connectivity index (χ1) is 6.54. The van der Waals surface area contributed by atoms with Gasteiger partial charge in [0.15, 0.2) is 11.5 Å². The number of benzene rings is 1. The maximum atomic E-state index is 10.8. The number of rotatable bonds is 2. The lowest BCUT2D eigenvalue weighted by Crippen LogP contribution is -2.14. The maximum Gasteiger partial charge on any atom is 0.231 e. The van der Waals surface area contributed by atoms with Gasteiger partial charge >= 0.3 is 0 Å². The molecule has 1 aliphatic heterocycles. The molecule has 0 fully saturated rings. The molecule has 0 radical (unpaired) electrons. The SMILES string of the molecule is Cl.NS(=O)(=O)Cc1ccc2c(c1)OCO2. The van der Waals surface area contributed by atoms with Crippen LogP contribution in [0.2, 0.25) is 0 Å². The highest BCUT2D eigenvalue weighted by molar-refractivity contribution is 7.88. The Kier molecular flexibility index (Phi) is 3.43. The van der Waals surface area contributed by atoms with E-state index < -0.39 is 10.0 Å². The second-order valence-electron chi connectivity index (χ2n) is 2.99. The first-order valence-corrected chi connectivity index (χ1v) is 5.65. The first kappa shape index (κ1) is 12.1. The molecule has 1 heterocycles. The van der Waals surface area contributed by atoms with Crippen LogP contribution in [0.1, 0.15) is 5.56 Å². The molecule has 0 unspecified atom stereocenters. The van der Waals surface area contributed by atoms with Crippen LogP contribution < -0.4 is 14.6 Å². The molecule has 0 spiro atoms. The second-order valence-corrected chi connectivity index (χ2v) is 4.61. The van der Waals surface area contributed by atoms with E-state index >= 15 is 0 Å². The zero-order chi connectivity index (χ0) is 10.2. The van der Waals surface area contributed by atoms with Gasteiger partial charge in [0.2, 0.25) is 16.8 Å². The predicted molar refractivity (Wildman–Crippen MR) is 56.6 cm³/mol. The summed E-state index contributed by atoms with van der Waals surface area (Å²) in [5, 5.41) is 4.91. The van der Waals surface area contributed by atoms with Gasteiger partial charge in [0.05, 0.1) is 5.75 Å². The van der Waals surface area contributed by atoms with Gasteiger partial charge in [-0.05, 0) is 17.7 Å². The average Bonchev–Trinajstić information content (AvgIpc) is 2.47. The summed E-state index contributed by atoms with van der Waals surface area (Å²) in [5.74, 6) is 0.998. The molecule has 1 aliphatic rings. The summed E-state index contributed by atoms with van der Waals surface area (Å²) in [6, 6.07) is 4.94. The smallest absolute Gasteiger partial charge is 0.231 e. The van der Waals surface area contributed by atoms with Gasteiger partial charge in [0.1, 0.15) is 0 Å². The lowest BCUT2D eigenvalue weighted by atomic mass is 10.2. The van der Waals surface area contributed by atoms with Gasteiger partial charge in [-0.2, -0.15) is 0 Å². The van der Waals surface area contributed by atoms with Crippen molar-refractivity contribution in [2.45, 2.75) is 5.75 Å². The van der Waals surface area contributed by atoms with Gasteiger partial charge in [0.25, 0.3) is 0 Å². The molecule has 15 heavy (non-hydrogen) atoms. The number of fused-ring (bicyclic) bond motifs is 1. The number of hydrogen-bond donors (Lipinski definition) is 1. The third kappa shape index (κ3) is 2.98. The zero-order valence-electron chi connectivity index (χ0n) is 7.67. The van der Waals surface area contributed by atoms with E-state index in [1.165, 1.54) is 0 Å². The van der Waals surface area contributed by atoms with Crippen molar-refractivity contribution >= 4 is 22.4 Å². The Morgan fingerprint density at radius 1 is 1.27 bits per heavy atom. The van der Waals surface area contributed by atoms with Crippen LogP contribution in [0.4, 0.5) is 0 Å². The number of nitrogens with two attached hydrogens (primary N) is 1. The minimum absolute atomic E-state index is 0. The third-order valence-electron chi connectivity index (χ3n) is 1.80. The van der Waals surface area contributed by atoms with Crippen molar-refractivity contribution in [1.82, 2.24) is 0 Å². The Bertz CT molecular complexity index is 460. The van der Waals surface area contributed by atoms with Crippen LogP contribution in [0, 0.1) is 0 Å². The van der Waals surface area contributed by atoms with Crippen molar-refractivity contribution in [3.05, 3.63) is 23.8 Å². The van der Waals surface area contributed by atoms with E-state index in [2.05, 4.69) is 0 Å². The van der Waals surface area contributed by atoms with E-state index in [4.69, 9.17) is 14.6 Å². The highest BCUT2D eigenvalue weighted by Gasteiger charge is 2.14. The van der Waals surface area contributed by atoms with Crippen LogP contribution in [-0.2, 0) is 15.8 Å². The molecule has 0 aromatic heterocycles. The number of halogens is 1. The van der Waals surface area contributed by atoms with Gasteiger partial charge in [-0.3, -0.25) is 0 Å². The third-order valence-corrected chi connectivity index (χ3v) is 2.54. The van der Waals surface area contributed by atoms with E-state index in [0.29, 0.717) is 17.1 Å². The summed E-state index contributed by atoms with van der Waals surface area (Å²) >= 11 is 0. The molecule has 0 amide bonds. The Labute approximate surface area is 93.6 Å². The molecule has 84 valence electrons. The van der Waals surface area contributed by atoms with Crippen LogP contribution in [0.25, 0.3) is 0 Å². The number of hydrogen-bond acceptors (Lipinski definition) is 4. The Morgan fingerprint density at radius 2 is 1.93 bits per heavy atom. The summed E-state index contributed by atoms with van der Waals surface area (Å²) in [6.07, 6.45) is 0. The van der Waals surface area contributed by atoms with Crippen LogP contribution in [-0.4, -0.2) is 15.2 Å². The fourth-order valence-corrected chi connectivity index (χ4v) is 1.91. The van der Waals surface area contributed by atoms with E-state index in [-0.39, 0.29) is 25.0 Å². The summed E-state index contributed by atoms with van der Waals surface area (Å²) < 4.78 is 31.8. The summed E-state index contributed by atoms with van der Waals surface area (Å²) in [6.45, 7) is 0.175. The van der Waals surface area contributed by atoms with Crippen molar-refractivity contribution in [1.29, 1.82) is 0 Å². The number of sulfonamides is 1. The van der Waals surface area contributed by atoms with Gasteiger partial charge in [-0.1, -0.05) is 6.07 Å². The minimum atomic E-state index is -3.49. The summed E-state index contributed by atoms with van der Waals surface area (Å²) in [7, 11) is -3.49. The van der Waals surface area contributed by atoms with Gasteiger partial charge < -0.3 is 9.47 Å². The topological polar surface area (TPSA) is 78.6 Å². The molecule has 2 rings (SSSR count). The molecule has 0 saturated heterocycles. The molecule has 0 saturated carbocycles. The average molecular weight is 252 g/mol. The lowest BCUT2D eigenvalue weighted by molar-refractivity contribution is 0.174. The number of primary sulfonamides is 1.